The number of aliphatic hydroxyl groups is 1. The van der Waals surface area contributed by atoms with Crippen molar-refractivity contribution in [2.45, 2.75) is 71.8 Å². The average molecular weight is 241 g/mol. The van der Waals surface area contributed by atoms with Crippen molar-refractivity contribution >= 4 is 0 Å². The van der Waals surface area contributed by atoms with Gasteiger partial charge in [0, 0.05) is 12.1 Å². The number of hydrogen-bond donors (Lipinski definition) is 2. The molecule has 1 saturated carbocycles. The maximum absolute atomic E-state index is 9.29. The number of rotatable bonds is 4. The van der Waals surface area contributed by atoms with Gasteiger partial charge in [-0.05, 0) is 50.0 Å². The van der Waals surface area contributed by atoms with Crippen molar-refractivity contribution in [2.75, 3.05) is 13.2 Å². The van der Waals surface area contributed by atoms with Crippen molar-refractivity contribution in [3.8, 4) is 0 Å². The van der Waals surface area contributed by atoms with E-state index in [1.807, 2.05) is 0 Å². The second kappa shape index (κ2) is 6.19. The Hall–Kier alpha value is -0.0800. The first-order valence-corrected chi connectivity index (χ1v) is 7.29. The van der Waals surface area contributed by atoms with Crippen LogP contribution >= 0.6 is 0 Å². The van der Waals surface area contributed by atoms with Gasteiger partial charge in [0.2, 0.25) is 0 Å². The molecule has 0 aromatic rings. The van der Waals surface area contributed by atoms with Gasteiger partial charge < -0.3 is 10.4 Å². The molecule has 0 radical (unpaired) electrons. The molecule has 102 valence electrons. The van der Waals surface area contributed by atoms with Crippen LogP contribution in [0.4, 0.5) is 0 Å². The van der Waals surface area contributed by atoms with Crippen LogP contribution in [0.3, 0.4) is 0 Å². The molecule has 2 nitrogen and oxygen atoms in total. The lowest BCUT2D eigenvalue weighted by Crippen LogP contribution is -2.45. The van der Waals surface area contributed by atoms with E-state index in [0.29, 0.717) is 12.0 Å². The minimum Gasteiger partial charge on any atom is -0.396 e. The summed E-state index contributed by atoms with van der Waals surface area (Å²) >= 11 is 0. The van der Waals surface area contributed by atoms with Crippen molar-refractivity contribution in [3.05, 3.63) is 0 Å². The first-order valence-electron chi connectivity index (χ1n) is 7.29. The molecule has 0 aromatic carbocycles. The van der Waals surface area contributed by atoms with Gasteiger partial charge in [-0.15, -0.1) is 0 Å². The highest BCUT2D eigenvalue weighted by molar-refractivity contribution is 4.92. The molecule has 17 heavy (non-hydrogen) atoms. The smallest absolute Gasteiger partial charge is 0.0448 e. The van der Waals surface area contributed by atoms with Gasteiger partial charge in [0.25, 0.3) is 0 Å². The summed E-state index contributed by atoms with van der Waals surface area (Å²) in [5, 5.41) is 12.9. The topological polar surface area (TPSA) is 32.3 Å². The summed E-state index contributed by atoms with van der Waals surface area (Å²) in [5.74, 6) is 0.835. The molecule has 0 aliphatic heterocycles. The normalized spacial score (nSPS) is 31.2. The molecule has 0 saturated heterocycles. The Bertz CT molecular complexity index is 213. The molecule has 0 bridgehead atoms. The van der Waals surface area contributed by atoms with Crippen LogP contribution in [0.2, 0.25) is 0 Å². The molecule has 2 heteroatoms. The van der Waals surface area contributed by atoms with Crippen LogP contribution in [0.15, 0.2) is 0 Å². The molecule has 0 amide bonds. The SMILES string of the molecule is CCNC1(CCO)CCCC(C(C)(C)C)CC1. The van der Waals surface area contributed by atoms with Crippen LogP contribution in [-0.2, 0) is 0 Å². The molecule has 0 spiro atoms. The average Bonchev–Trinajstić information content (AvgIpc) is 2.41. The Morgan fingerprint density at radius 2 is 1.94 bits per heavy atom. The fourth-order valence-electron chi connectivity index (χ4n) is 3.38. The molecule has 1 aliphatic rings. The zero-order chi connectivity index (χ0) is 12.9. The van der Waals surface area contributed by atoms with Crippen molar-refractivity contribution in [2.24, 2.45) is 11.3 Å². The lowest BCUT2D eigenvalue weighted by Gasteiger charge is -2.34. The maximum Gasteiger partial charge on any atom is 0.0448 e. The van der Waals surface area contributed by atoms with Crippen LogP contribution in [0.1, 0.15) is 66.2 Å². The summed E-state index contributed by atoms with van der Waals surface area (Å²) in [7, 11) is 0. The van der Waals surface area contributed by atoms with Crippen LogP contribution in [-0.4, -0.2) is 23.8 Å². The summed E-state index contributed by atoms with van der Waals surface area (Å²) < 4.78 is 0. The molecule has 2 unspecified atom stereocenters. The van der Waals surface area contributed by atoms with E-state index in [1.165, 1.54) is 32.1 Å². The summed E-state index contributed by atoms with van der Waals surface area (Å²) in [6.07, 6.45) is 7.32. The molecule has 0 aromatic heterocycles. The summed E-state index contributed by atoms with van der Waals surface area (Å²) in [6, 6.07) is 0. The van der Waals surface area contributed by atoms with Crippen molar-refractivity contribution < 1.29 is 5.11 Å². The third-order valence-corrected chi connectivity index (χ3v) is 4.55. The van der Waals surface area contributed by atoms with Crippen LogP contribution in [0.5, 0.6) is 0 Å². The molecule has 1 fully saturated rings. The van der Waals surface area contributed by atoms with Gasteiger partial charge in [-0.25, -0.2) is 0 Å². The number of aliphatic hydroxyl groups excluding tert-OH is 1. The summed E-state index contributed by atoms with van der Waals surface area (Å²) in [6.45, 7) is 10.6. The van der Waals surface area contributed by atoms with Gasteiger partial charge in [-0.2, -0.15) is 0 Å². The zero-order valence-corrected chi connectivity index (χ0v) is 12.2. The first kappa shape index (κ1) is 15.0. The number of nitrogens with one attached hydrogen (secondary N) is 1. The second-order valence-corrected chi connectivity index (χ2v) is 6.78. The van der Waals surface area contributed by atoms with E-state index in [4.69, 9.17) is 0 Å². The molecular weight excluding hydrogens is 210 g/mol. The highest BCUT2D eigenvalue weighted by Gasteiger charge is 2.35. The Balaban J connectivity index is 2.66. The molecule has 1 aliphatic carbocycles. The van der Waals surface area contributed by atoms with Crippen molar-refractivity contribution in [1.29, 1.82) is 0 Å². The van der Waals surface area contributed by atoms with Crippen LogP contribution in [0.25, 0.3) is 0 Å². The number of hydrogen-bond acceptors (Lipinski definition) is 2. The van der Waals surface area contributed by atoms with Gasteiger partial charge in [-0.1, -0.05) is 34.1 Å². The molecule has 0 heterocycles. The van der Waals surface area contributed by atoms with E-state index in [2.05, 4.69) is 33.0 Å². The van der Waals surface area contributed by atoms with E-state index in [0.717, 1.165) is 18.9 Å². The van der Waals surface area contributed by atoms with E-state index in [1.54, 1.807) is 0 Å². The highest BCUT2D eigenvalue weighted by Crippen LogP contribution is 2.40. The van der Waals surface area contributed by atoms with E-state index < -0.39 is 0 Å². The fraction of sp³-hybridized carbons (Fsp3) is 1.00. The van der Waals surface area contributed by atoms with Crippen molar-refractivity contribution in [1.82, 2.24) is 5.32 Å². The van der Waals surface area contributed by atoms with Gasteiger partial charge in [0.15, 0.2) is 0 Å². The zero-order valence-electron chi connectivity index (χ0n) is 12.2. The lowest BCUT2D eigenvalue weighted by molar-refractivity contribution is 0.179. The van der Waals surface area contributed by atoms with Gasteiger partial charge in [0.1, 0.15) is 0 Å². The Labute approximate surface area is 107 Å². The Morgan fingerprint density at radius 3 is 2.47 bits per heavy atom. The van der Waals surface area contributed by atoms with Crippen LogP contribution < -0.4 is 5.32 Å². The van der Waals surface area contributed by atoms with Crippen molar-refractivity contribution in [3.63, 3.8) is 0 Å². The maximum atomic E-state index is 9.29. The summed E-state index contributed by atoms with van der Waals surface area (Å²) in [4.78, 5) is 0. The Morgan fingerprint density at radius 1 is 1.24 bits per heavy atom. The Kier molecular flexibility index (Phi) is 5.46. The third-order valence-electron chi connectivity index (χ3n) is 4.55. The first-order chi connectivity index (χ1) is 7.93. The highest BCUT2D eigenvalue weighted by atomic mass is 16.3. The van der Waals surface area contributed by atoms with E-state index in [9.17, 15) is 5.11 Å². The quantitative estimate of drug-likeness (QED) is 0.740. The second-order valence-electron chi connectivity index (χ2n) is 6.78. The molecule has 1 rings (SSSR count). The predicted octanol–water partition coefficient (Wildman–Crippen LogP) is 3.34. The third kappa shape index (κ3) is 4.26. The molecular formula is C15H31NO. The largest absolute Gasteiger partial charge is 0.396 e. The van der Waals surface area contributed by atoms with E-state index in [-0.39, 0.29) is 5.54 Å². The van der Waals surface area contributed by atoms with Gasteiger partial charge in [0.05, 0.1) is 0 Å². The van der Waals surface area contributed by atoms with Gasteiger partial charge in [-0.3, -0.25) is 0 Å². The fourth-order valence-corrected chi connectivity index (χ4v) is 3.38. The molecule has 2 N–H and O–H groups in total. The van der Waals surface area contributed by atoms with Crippen LogP contribution in [0, 0.1) is 11.3 Å². The molecule has 2 atom stereocenters. The standard InChI is InChI=1S/C15H31NO/c1-5-16-15(11-12-17)9-6-7-13(8-10-15)14(2,3)4/h13,16-17H,5-12H2,1-4H3. The minimum absolute atomic E-state index is 0.212. The van der Waals surface area contributed by atoms with Gasteiger partial charge >= 0.3 is 0 Å². The minimum atomic E-state index is 0.212. The lowest BCUT2D eigenvalue weighted by atomic mass is 9.76. The van der Waals surface area contributed by atoms with E-state index >= 15 is 0 Å². The monoisotopic (exact) mass is 241 g/mol. The predicted molar refractivity (Wildman–Crippen MR) is 74.1 cm³/mol. The summed E-state index contributed by atoms with van der Waals surface area (Å²) in [5.41, 5.74) is 0.644.